The third kappa shape index (κ3) is 3.12. The van der Waals surface area contributed by atoms with Crippen molar-refractivity contribution >= 4 is 34.6 Å². The third-order valence-electron chi connectivity index (χ3n) is 3.22. The first-order valence-electron chi connectivity index (χ1n) is 6.00. The van der Waals surface area contributed by atoms with Crippen LogP contribution in [0.3, 0.4) is 0 Å². The summed E-state index contributed by atoms with van der Waals surface area (Å²) in [5, 5.41) is 20.2. The molecule has 20 heavy (non-hydrogen) atoms. The van der Waals surface area contributed by atoms with Gasteiger partial charge in [-0.3, -0.25) is 15.0 Å². The topological polar surface area (TPSA) is 73.4 Å². The molecule has 0 amide bonds. The second-order valence-corrected chi connectivity index (χ2v) is 5.25. The first kappa shape index (κ1) is 14.9. The Morgan fingerprint density at radius 1 is 1.25 bits per heavy atom. The first-order chi connectivity index (χ1) is 9.52. The van der Waals surface area contributed by atoms with Crippen LogP contribution in [0.25, 0.3) is 0 Å². The number of rotatable bonds is 3. The van der Waals surface area contributed by atoms with Gasteiger partial charge in [0.15, 0.2) is 0 Å². The van der Waals surface area contributed by atoms with E-state index in [9.17, 15) is 10.1 Å². The predicted molar refractivity (Wildman–Crippen MR) is 77.4 cm³/mol. The summed E-state index contributed by atoms with van der Waals surface area (Å²) in [4.78, 5) is 14.6. The molecule has 1 aliphatic rings. The maximum atomic E-state index is 11.1. The van der Waals surface area contributed by atoms with Crippen LogP contribution in [0.1, 0.15) is 0 Å². The number of benzene rings is 1. The second-order valence-electron chi connectivity index (χ2n) is 4.43. The van der Waals surface area contributed by atoms with Crippen molar-refractivity contribution < 1.29 is 4.92 Å². The molecular formula is C12H12Cl2N4O2. The van der Waals surface area contributed by atoms with Crippen molar-refractivity contribution in [3.8, 4) is 6.07 Å². The van der Waals surface area contributed by atoms with E-state index in [-0.39, 0.29) is 10.7 Å². The van der Waals surface area contributed by atoms with Gasteiger partial charge in [0.05, 0.1) is 27.6 Å². The van der Waals surface area contributed by atoms with E-state index in [1.54, 1.807) is 0 Å². The van der Waals surface area contributed by atoms with E-state index in [2.05, 4.69) is 6.07 Å². The van der Waals surface area contributed by atoms with Gasteiger partial charge in [0.25, 0.3) is 5.69 Å². The largest absolute Gasteiger partial charge is 0.363 e. The van der Waals surface area contributed by atoms with Crippen LogP contribution in [0.15, 0.2) is 12.1 Å². The molecule has 0 aliphatic carbocycles. The lowest BCUT2D eigenvalue weighted by Gasteiger charge is -2.34. The van der Waals surface area contributed by atoms with Gasteiger partial charge in [0.2, 0.25) is 0 Å². The molecule has 0 saturated carbocycles. The van der Waals surface area contributed by atoms with Gasteiger partial charge in [-0.1, -0.05) is 23.2 Å². The Hall–Kier alpha value is -1.55. The van der Waals surface area contributed by atoms with Crippen LogP contribution in [-0.4, -0.2) is 42.5 Å². The van der Waals surface area contributed by atoms with Gasteiger partial charge in [0.1, 0.15) is 5.69 Å². The van der Waals surface area contributed by atoms with Crippen molar-refractivity contribution in [2.75, 3.05) is 37.6 Å². The SMILES string of the molecule is N#CCN1CCN(c2cc(Cl)c(Cl)cc2[N+](=O)[O-])CC1. The maximum absolute atomic E-state index is 11.1. The van der Waals surface area contributed by atoms with Gasteiger partial charge < -0.3 is 4.90 Å². The molecule has 8 heteroatoms. The number of hydrogen-bond donors (Lipinski definition) is 0. The molecule has 0 aromatic heterocycles. The summed E-state index contributed by atoms with van der Waals surface area (Å²) in [6.45, 7) is 2.97. The summed E-state index contributed by atoms with van der Waals surface area (Å²) in [7, 11) is 0. The van der Waals surface area contributed by atoms with Crippen molar-refractivity contribution in [2.45, 2.75) is 0 Å². The van der Waals surface area contributed by atoms with Crippen LogP contribution in [0.5, 0.6) is 0 Å². The zero-order valence-electron chi connectivity index (χ0n) is 10.6. The van der Waals surface area contributed by atoms with Gasteiger partial charge in [-0.25, -0.2) is 0 Å². The molecule has 1 aromatic rings. The number of nitriles is 1. The van der Waals surface area contributed by atoms with Crippen LogP contribution in [0, 0.1) is 21.4 Å². The van der Waals surface area contributed by atoms with E-state index in [0.717, 1.165) is 0 Å². The fourth-order valence-electron chi connectivity index (χ4n) is 2.17. The monoisotopic (exact) mass is 314 g/mol. The van der Waals surface area contributed by atoms with Crippen LogP contribution in [0.2, 0.25) is 10.0 Å². The van der Waals surface area contributed by atoms with Crippen molar-refractivity contribution in [2.24, 2.45) is 0 Å². The molecule has 0 N–H and O–H groups in total. The lowest BCUT2D eigenvalue weighted by molar-refractivity contribution is -0.384. The molecule has 0 bridgehead atoms. The molecular weight excluding hydrogens is 303 g/mol. The fraction of sp³-hybridized carbons (Fsp3) is 0.417. The third-order valence-corrected chi connectivity index (χ3v) is 3.94. The summed E-state index contributed by atoms with van der Waals surface area (Å²) in [6, 6.07) is 4.91. The number of nitrogens with zero attached hydrogens (tertiary/aromatic N) is 4. The van der Waals surface area contributed by atoms with Crippen molar-refractivity contribution in [1.29, 1.82) is 5.26 Å². The number of anilines is 1. The number of nitro groups is 1. The summed E-state index contributed by atoms with van der Waals surface area (Å²) in [6.07, 6.45) is 0. The van der Waals surface area contributed by atoms with E-state index >= 15 is 0 Å². The highest BCUT2D eigenvalue weighted by atomic mass is 35.5. The van der Waals surface area contributed by atoms with E-state index < -0.39 is 4.92 Å². The highest BCUT2D eigenvalue weighted by Gasteiger charge is 2.25. The van der Waals surface area contributed by atoms with Gasteiger partial charge in [-0.05, 0) is 6.07 Å². The van der Waals surface area contributed by atoms with Gasteiger partial charge in [-0.2, -0.15) is 5.26 Å². The molecule has 1 fully saturated rings. The molecule has 1 saturated heterocycles. The average Bonchev–Trinajstić information content (AvgIpc) is 2.42. The Balaban J connectivity index is 2.23. The molecule has 0 radical (unpaired) electrons. The predicted octanol–water partition coefficient (Wildman–Crippen LogP) is 2.55. The Labute approximate surface area is 126 Å². The average molecular weight is 315 g/mol. The van der Waals surface area contributed by atoms with Crippen LogP contribution in [-0.2, 0) is 0 Å². The van der Waals surface area contributed by atoms with Crippen LogP contribution < -0.4 is 4.90 Å². The summed E-state index contributed by atoms with van der Waals surface area (Å²) in [5.41, 5.74) is 0.425. The van der Waals surface area contributed by atoms with Crippen LogP contribution in [0.4, 0.5) is 11.4 Å². The fourth-order valence-corrected chi connectivity index (χ4v) is 2.49. The molecule has 0 spiro atoms. The van der Waals surface area contributed by atoms with Gasteiger partial charge in [0, 0.05) is 32.2 Å². The highest BCUT2D eigenvalue weighted by molar-refractivity contribution is 6.42. The van der Waals surface area contributed by atoms with Crippen LogP contribution >= 0.6 is 23.2 Å². The van der Waals surface area contributed by atoms with E-state index in [1.807, 2.05) is 9.80 Å². The number of hydrogen-bond acceptors (Lipinski definition) is 5. The molecule has 0 atom stereocenters. The standard InChI is InChI=1S/C12H12Cl2N4O2/c13-9-7-11(12(18(19)20)8-10(9)14)17-5-3-16(2-1-15)4-6-17/h7-8H,2-6H2. The molecule has 1 aliphatic heterocycles. The quantitative estimate of drug-likeness (QED) is 0.487. The minimum Gasteiger partial charge on any atom is -0.363 e. The van der Waals surface area contributed by atoms with Gasteiger partial charge in [-0.15, -0.1) is 0 Å². The maximum Gasteiger partial charge on any atom is 0.294 e. The zero-order chi connectivity index (χ0) is 14.7. The van der Waals surface area contributed by atoms with E-state index in [1.165, 1.54) is 12.1 Å². The Morgan fingerprint density at radius 2 is 1.85 bits per heavy atom. The normalized spacial score (nSPS) is 15.9. The lowest BCUT2D eigenvalue weighted by Crippen LogP contribution is -2.46. The van der Waals surface area contributed by atoms with Crippen molar-refractivity contribution in [3.05, 3.63) is 32.3 Å². The first-order valence-corrected chi connectivity index (χ1v) is 6.76. The molecule has 1 heterocycles. The molecule has 6 nitrogen and oxygen atoms in total. The summed E-state index contributed by atoms with van der Waals surface area (Å²) < 4.78 is 0. The number of piperazine rings is 1. The Bertz CT molecular complexity index is 565. The van der Waals surface area contributed by atoms with E-state index in [0.29, 0.717) is 43.4 Å². The zero-order valence-corrected chi connectivity index (χ0v) is 12.1. The smallest absolute Gasteiger partial charge is 0.294 e. The minimum atomic E-state index is -0.459. The van der Waals surface area contributed by atoms with E-state index in [4.69, 9.17) is 28.5 Å². The summed E-state index contributed by atoms with van der Waals surface area (Å²) in [5.74, 6) is 0. The Morgan fingerprint density at radius 3 is 2.40 bits per heavy atom. The minimum absolute atomic E-state index is 0.0480. The van der Waals surface area contributed by atoms with Gasteiger partial charge >= 0.3 is 0 Å². The second kappa shape index (κ2) is 6.27. The molecule has 0 unspecified atom stereocenters. The van der Waals surface area contributed by atoms with Crippen molar-refractivity contribution in [3.63, 3.8) is 0 Å². The lowest BCUT2D eigenvalue weighted by atomic mass is 10.2. The Kier molecular flexibility index (Phi) is 4.65. The number of halogens is 2. The highest BCUT2D eigenvalue weighted by Crippen LogP contribution is 2.36. The summed E-state index contributed by atoms with van der Waals surface area (Å²) >= 11 is 11.8. The van der Waals surface area contributed by atoms with Crippen molar-refractivity contribution in [1.82, 2.24) is 4.90 Å². The molecule has 106 valence electrons. The number of nitro benzene ring substituents is 1. The molecule has 1 aromatic carbocycles. The molecule has 2 rings (SSSR count).